The Hall–Kier alpha value is -0.950. The number of hydrogen-bond acceptors (Lipinski definition) is 0. The van der Waals surface area contributed by atoms with Crippen molar-refractivity contribution < 1.29 is 13.2 Å². The van der Waals surface area contributed by atoms with Gasteiger partial charge in [-0.15, -0.1) is 5.73 Å². The quantitative estimate of drug-likeness (QED) is 0.551. The summed E-state index contributed by atoms with van der Waals surface area (Å²) >= 11 is 0. The normalized spacial score (nSPS) is 22.7. The minimum absolute atomic E-state index is 0.0463. The van der Waals surface area contributed by atoms with E-state index in [2.05, 4.69) is 5.73 Å². The van der Waals surface area contributed by atoms with Gasteiger partial charge in [0.25, 0.3) is 0 Å². The van der Waals surface area contributed by atoms with E-state index in [9.17, 15) is 13.2 Å². The summed E-state index contributed by atoms with van der Waals surface area (Å²) in [6, 6.07) is 0. The first-order valence-corrected chi connectivity index (χ1v) is 4.29. The third-order valence-electron chi connectivity index (χ3n) is 2.38. The third kappa shape index (κ3) is 1.86. The van der Waals surface area contributed by atoms with Gasteiger partial charge in [0, 0.05) is 6.42 Å². The van der Waals surface area contributed by atoms with Crippen LogP contribution in [-0.4, -0.2) is 6.18 Å². The van der Waals surface area contributed by atoms with Crippen molar-refractivity contribution in [3.8, 4) is 0 Å². The van der Waals surface area contributed by atoms with Crippen LogP contribution in [0.25, 0.3) is 0 Å². The Kier molecular flexibility index (Phi) is 1.85. The van der Waals surface area contributed by atoms with E-state index in [1.807, 2.05) is 0 Å². The summed E-state index contributed by atoms with van der Waals surface area (Å²) in [5, 5.41) is 0. The molecule has 0 nitrogen and oxygen atoms in total. The summed E-state index contributed by atoms with van der Waals surface area (Å²) in [6.07, 6.45) is 1.10. The van der Waals surface area contributed by atoms with Crippen LogP contribution in [-0.2, 0) is 0 Å². The van der Waals surface area contributed by atoms with Gasteiger partial charge in [-0.2, -0.15) is 13.2 Å². The van der Waals surface area contributed by atoms with Gasteiger partial charge in [0.1, 0.15) is 0 Å². The van der Waals surface area contributed by atoms with Crippen molar-refractivity contribution in [2.45, 2.75) is 25.4 Å². The molecular formula is C10H9F3. The summed E-state index contributed by atoms with van der Waals surface area (Å²) in [5.74, 6) is 0.413. The summed E-state index contributed by atoms with van der Waals surface area (Å²) < 4.78 is 36.8. The summed E-state index contributed by atoms with van der Waals surface area (Å²) in [5.41, 5.74) is 2.65. The summed E-state index contributed by atoms with van der Waals surface area (Å²) in [4.78, 5) is 0. The lowest BCUT2D eigenvalue weighted by Crippen LogP contribution is -2.13. The Bertz CT molecular complexity index is 310. The van der Waals surface area contributed by atoms with E-state index in [1.165, 1.54) is 6.08 Å². The molecule has 0 atom stereocenters. The maximum Gasteiger partial charge on any atom is 0.420 e. The predicted molar refractivity (Wildman–Crippen MR) is 43.1 cm³/mol. The zero-order chi connectivity index (χ0) is 9.47. The molecule has 0 aromatic carbocycles. The van der Waals surface area contributed by atoms with E-state index in [-0.39, 0.29) is 6.42 Å². The van der Waals surface area contributed by atoms with Crippen molar-refractivity contribution in [2.75, 3.05) is 0 Å². The molecule has 0 heterocycles. The van der Waals surface area contributed by atoms with Crippen LogP contribution in [0.2, 0.25) is 0 Å². The lowest BCUT2D eigenvalue weighted by molar-refractivity contribution is -0.0931. The van der Waals surface area contributed by atoms with Crippen LogP contribution in [0.3, 0.4) is 0 Å². The second kappa shape index (κ2) is 2.78. The lowest BCUT2D eigenvalue weighted by Gasteiger charge is -2.13. The first-order valence-electron chi connectivity index (χ1n) is 4.29. The molecule has 13 heavy (non-hydrogen) atoms. The van der Waals surface area contributed by atoms with E-state index in [0.717, 1.165) is 18.4 Å². The van der Waals surface area contributed by atoms with Crippen LogP contribution in [0.4, 0.5) is 13.2 Å². The maximum atomic E-state index is 12.3. The van der Waals surface area contributed by atoms with Gasteiger partial charge in [0.2, 0.25) is 0 Å². The monoisotopic (exact) mass is 186 g/mol. The molecule has 0 spiro atoms. The molecule has 0 amide bonds. The van der Waals surface area contributed by atoms with E-state index in [1.54, 1.807) is 6.08 Å². The minimum atomic E-state index is -4.20. The van der Waals surface area contributed by atoms with Gasteiger partial charge in [-0.1, -0.05) is 11.6 Å². The number of halogens is 3. The van der Waals surface area contributed by atoms with Crippen molar-refractivity contribution in [1.29, 1.82) is 0 Å². The number of rotatable bonds is 1. The summed E-state index contributed by atoms with van der Waals surface area (Å²) in [7, 11) is 0. The molecule has 1 fully saturated rings. The molecule has 2 rings (SSSR count). The number of allylic oxidation sites excluding steroid dienone is 3. The SMILES string of the molecule is FC(F)(F)C1=C=CC=C(C2CC2)C1. The molecule has 0 radical (unpaired) electrons. The van der Waals surface area contributed by atoms with E-state index >= 15 is 0 Å². The Morgan fingerprint density at radius 2 is 2.00 bits per heavy atom. The van der Waals surface area contributed by atoms with Crippen LogP contribution >= 0.6 is 0 Å². The molecule has 3 heteroatoms. The van der Waals surface area contributed by atoms with Crippen molar-refractivity contribution in [3.63, 3.8) is 0 Å². The van der Waals surface area contributed by atoms with Crippen LogP contribution in [0.15, 0.2) is 29.0 Å². The molecule has 0 saturated heterocycles. The zero-order valence-electron chi connectivity index (χ0n) is 6.99. The average molecular weight is 186 g/mol. The van der Waals surface area contributed by atoms with E-state index in [4.69, 9.17) is 0 Å². The van der Waals surface area contributed by atoms with Gasteiger partial charge in [-0.25, -0.2) is 0 Å². The zero-order valence-corrected chi connectivity index (χ0v) is 6.99. The molecule has 0 aromatic rings. The molecule has 2 aliphatic rings. The Morgan fingerprint density at radius 3 is 2.54 bits per heavy atom. The molecule has 0 aliphatic heterocycles. The van der Waals surface area contributed by atoms with Crippen molar-refractivity contribution >= 4 is 0 Å². The van der Waals surface area contributed by atoms with Crippen LogP contribution in [0.1, 0.15) is 19.3 Å². The molecule has 70 valence electrons. The lowest BCUT2D eigenvalue weighted by atomic mass is 9.98. The average Bonchev–Trinajstić information content (AvgIpc) is 2.85. The Labute approximate surface area is 74.4 Å². The fourth-order valence-electron chi connectivity index (χ4n) is 1.48. The van der Waals surface area contributed by atoms with Crippen molar-refractivity contribution in [1.82, 2.24) is 0 Å². The molecule has 0 N–H and O–H groups in total. The highest BCUT2D eigenvalue weighted by Gasteiger charge is 2.37. The van der Waals surface area contributed by atoms with Crippen molar-refractivity contribution in [2.24, 2.45) is 5.92 Å². The van der Waals surface area contributed by atoms with Gasteiger partial charge in [0.05, 0.1) is 5.57 Å². The first-order chi connectivity index (χ1) is 6.07. The van der Waals surface area contributed by atoms with Gasteiger partial charge in [-0.05, 0) is 24.8 Å². The first kappa shape index (κ1) is 8.64. The second-order valence-electron chi connectivity index (χ2n) is 3.48. The van der Waals surface area contributed by atoms with E-state index in [0.29, 0.717) is 5.92 Å². The standard InChI is InChI=1S/C10H9F3/c11-10(12,13)9-3-1-2-8(6-9)7-4-5-7/h1-2,7H,4-6H2. The molecule has 0 bridgehead atoms. The van der Waals surface area contributed by atoms with Gasteiger partial charge < -0.3 is 0 Å². The molecule has 0 unspecified atom stereocenters. The Morgan fingerprint density at radius 1 is 1.31 bits per heavy atom. The van der Waals surface area contributed by atoms with Crippen LogP contribution in [0.5, 0.6) is 0 Å². The molecular weight excluding hydrogens is 177 g/mol. The topological polar surface area (TPSA) is 0 Å². The minimum Gasteiger partial charge on any atom is -0.166 e. The second-order valence-corrected chi connectivity index (χ2v) is 3.48. The maximum absolute atomic E-state index is 12.3. The number of hydrogen-bond donors (Lipinski definition) is 0. The Balaban J connectivity index is 2.14. The largest absolute Gasteiger partial charge is 0.420 e. The molecule has 1 saturated carbocycles. The highest BCUT2D eigenvalue weighted by atomic mass is 19.4. The highest BCUT2D eigenvalue weighted by Crippen LogP contribution is 2.42. The van der Waals surface area contributed by atoms with E-state index < -0.39 is 11.7 Å². The van der Waals surface area contributed by atoms with Crippen LogP contribution in [0, 0.1) is 5.92 Å². The van der Waals surface area contributed by atoms with Crippen molar-refractivity contribution in [3.05, 3.63) is 29.0 Å². The predicted octanol–water partition coefficient (Wildman–Crippen LogP) is 3.37. The molecule has 0 aromatic heterocycles. The van der Waals surface area contributed by atoms with Gasteiger partial charge in [0.15, 0.2) is 0 Å². The highest BCUT2D eigenvalue weighted by molar-refractivity contribution is 5.31. The van der Waals surface area contributed by atoms with Crippen LogP contribution < -0.4 is 0 Å². The fourth-order valence-corrected chi connectivity index (χ4v) is 1.48. The molecule has 2 aliphatic carbocycles. The smallest absolute Gasteiger partial charge is 0.166 e. The van der Waals surface area contributed by atoms with Gasteiger partial charge >= 0.3 is 6.18 Å². The summed E-state index contributed by atoms with van der Waals surface area (Å²) in [6.45, 7) is 0. The third-order valence-corrected chi connectivity index (χ3v) is 2.38. The number of alkyl halides is 3. The fraction of sp³-hybridized carbons (Fsp3) is 0.500. The van der Waals surface area contributed by atoms with Gasteiger partial charge in [-0.3, -0.25) is 0 Å².